The predicted octanol–water partition coefficient (Wildman–Crippen LogP) is 3.41. The lowest BCUT2D eigenvalue weighted by atomic mass is 9.90. The summed E-state index contributed by atoms with van der Waals surface area (Å²) in [7, 11) is 0. The Bertz CT molecular complexity index is 762. The van der Waals surface area contributed by atoms with Crippen molar-refractivity contribution in [2.24, 2.45) is 5.92 Å². The highest BCUT2D eigenvalue weighted by atomic mass is 32.1. The number of rotatable bonds is 9. The molecule has 0 saturated heterocycles. The zero-order valence-electron chi connectivity index (χ0n) is 16.7. The lowest BCUT2D eigenvalue weighted by Crippen LogP contribution is -2.88. The van der Waals surface area contributed by atoms with Crippen molar-refractivity contribution in [1.82, 2.24) is 5.32 Å². The molecule has 5 heteroatoms. The first kappa shape index (κ1) is 21.1. The molecule has 0 unspecified atom stereocenters. The Morgan fingerprint density at radius 2 is 2.00 bits per heavy atom. The van der Waals surface area contributed by atoms with Gasteiger partial charge in [-0.1, -0.05) is 57.5 Å². The lowest BCUT2D eigenvalue weighted by molar-refractivity contribution is -0.676. The number of quaternary nitrogens is 1. The van der Waals surface area contributed by atoms with Crippen LogP contribution in [0.4, 0.5) is 0 Å². The molecular weight excluding hydrogens is 354 g/mol. The SMILES string of the molecule is CCCc1ccc([C@H]([NH2+]CC(=O)N[C@@](C)(C#N)C(C)C)c2cccs2)cc1. The standard InChI is InChI=1S/C22H29N3OS/c1-5-7-17-9-11-18(12-10-17)21(19-8-6-13-27-19)24-14-20(26)25-22(4,15-23)16(2)3/h6,8-13,16,21,24H,5,7,14H2,1-4H3,(H,25,26)/p+1/t21-,22-/m0/s1. The number of carbonyl (C=O) groups is 1. The Balaban J connectivity index is 2.10. The first-order valence-electron chi connectivity index (χ1n) is 9.57. The lowest BCUT2D eigenvalue weighted by Gasteiger charge is -2.27. The van der Waals surface area contributed by atoms with Crippen LogP contribution in [0.15, 0.2) is 41.8 Å². The molecule has 2 rings (SSSR count). The molecule has 2 aromatic rings. The van der Waals surface area contributed by atoms with Crippen LogP contribution in [0.5, 0.6) is 0 Å². The van der Waals surface area contributed by atoms with E-state index in [0.717, 1.165) is 12.8 Å². The van der Waals surface area contributed by atoms with Crippen molar-refractivity contribution in [1.29, 1.82) is 5.26 Å². The molecule has 0 aliphatic rings. The molecule has 0 spiro atoms. The number of carbonyl (C=O) groups excluding carboxylic acids is 1. The van der Waals surface area contributed by atoms with E-state index in [1.54, 1.807) is 18.3 Å². The first-order valence-corrected chi connectivity index (χ1v) is 10.5. The number of aryl methyl sites for hydroxylation is 1. The van der Waals surface area contributed by atoms with Gasteiger partial charge in [-0.05, 0) is 36.3 Å². The average molecular weight is 385 g/mol. The van der Waals surface area contributed by atoms with Crippen molar-refractivity contribution in [3.8, 4) is 6.07 Å². The summed E-state index contributed by atoms with van der Waals surface area (Å²) in [4.78, 5) is 13.7. The van der Waals surface area contributed by atoms with Crippen LogP contribution in [0.3, 0.4) is 0 Å². The first-order chi connectivity index (χ1) is 12.9. The molecule has 2 atom stereocenters. The number of hydrogen-bond acceptors (Lipinski definition) is 3. The van der Waals surface area contributed by atoms with Gasteiger partial charge in [0.15, 0.2) is 6.54 Å². The fourth-order valence-electron chi connectivity index (χ4n) is 2.93. The largest absolute Gasteiger partial charge is 0.333 e. The maximum absolute atomic E-state index is 12.5. The maximum Gasteiger partial charge on any atom is 0.276 e. The third kappa shape index (κ3) is 5.66. The third-order valence-electron chi connectivity index (χ3n) is 5.05. The van der Waals surface area contributed by atoms with Gasteiger partial charge < -0.3 is 10.6 Å². The molecule has 27 heavy (non-hydrogen) atoms. The van der Waals surface area contributed by atoms with Gasteiger partial charge >= 0.3 is 0 Å². The summed E-state index contributed by atoms with van der Waals surface area (Å²) >= 11 is 1.70. The summed E-state index contributed by atoms with van der Waals surface area (Å²) in [6.45, 7) is 8.13. The van der Waals surface area contributed by atoms with Gasteiger partial charge in [0.25, 0.3) is 5.91 Å². The van der Waals surface area contributed by atoms with Gasteiger partial charge in [0, 0.05) is 5.56 Å². The van der Waals surface area contributed by atoms with Crippen molar-refractivity contribution in [2.45, 2.75) is 52.1 Å². The topological polar surface area (TPSA) is 69.5 Å². The molecule has 0 aliphatic heterocycles. The summed E-state index contributed by atoms with van der Waals surface area (Å²) in [5.41, 5.74) is 1.69. The van der Waals surface area contributed by atoms with Crippen LogP contribution < -0.4 is 10.6 Å². The van der Waals surface area contributed by atoms with Crippen molar-refractivity contribution in [3.05, 3.63) is 57.8 Å². The second-order valence-electron chi connectivity index (χ2n) is 7.44. The zero-order valence-corrected chi connectivity index (χ0v) is 17.5. The number of nitrogens with two attached hydrogens (primary N) is 1. The summed E-state index contributed by atoms with van der Waals surface area (Å²) in [6.07, 6.45) is 2.21. The number of amides is 1. The molecule has 3 N–H and O–H groups in total. The summed E-state index contributed by atoms with van der Waals surface area (Å²) in [6, 6.07) is 15.1. The van der Waals surface area contributed by atoms with Gasteiger partial charge in [-0.15, -0.1) is 11.3 Å². The maximum atomic E-state index is 12.5. The molecule has 1 heterocycles. The minimum absolute atomic E-state index is 0.0469. The minimum atomic E-state index is -0.842. The molecule has 0 radical (unpaired) electrons. The van der Waals surface area contributed by atoms with Crippen LogP contribution >= 0.6 is 11.3 Å². The zero-order chi connectivity index (χ0) is 19.9. The summed E-state index contributed by atoms with van der Waals surface area (Å²) in [5, 5.41) is 16.4. The van der Waals surface area contributed by atoms with Crippen molar-refractivity contribution < 1.29 is 10.1 Å². The van der Waals surface area contributed by atoms with Gasteiger partial charge in [0.1, 0.15) is 11.6 Å². The average Bonchev–Trinajstić information content (AvgIpc) is 3.17. The van der Waals surface area contributed by atoms with E-state index in [-0.39, 0.29) is 24.4 Å². The molecule has 0 bridgehead atoms. The summed E-state index contributed by atoms with van der Waals surface area (Å²) in [5.74, 6) is -0.0671. The highest BCUT2D eigenvalue weighted by Crippen LogP contribution is 2.23. The van der Waals surface area contributed by atoms with E-state index in [1.807, 2.05) is 25.2 Å². The molecule has 1 amide bonds. The molecule has 0 aliphatic carbocycles. The van der Waals surface area contributed by atoms with E-state index in [9.17, 15) is 10.1 Å². The van der Waals surface area contributed by atoms with Crippen LogP contribution in [-0.2, 0) is 11.2 Å². The fourth-order valence-corrected chi connectivity index (χ4v) is 3.78. The van der Waals surface area contributed by atoms with Crippen LogP contribution in [0.25, 0.3) is 0 Å². The molecule has 144 valence electrons. The molecule has 1 aromatic carbocycles. The second kappa shape index (κ2) is 9.68. The molecular formula is C22H30N3OS+. The number of nitrogens with zero attached hydrogens (tertiary/aromatic N) is 1. The number of nitriles is 1. The van der Waals surface area contributed by atoms with Gasteiger partial charge in [-0.25, -0.2) is 0 Å². The number of thiophene rings is 1. The van der Waals surface area contributed by atoms with E-state index in [4.69, 9.17) is 0 Å². The summed E-state index contributed by atoms with van der Waals surface area (Å²) < 4.78 is 0. The molecule has 1 aromatic heterocycles. The number of nitrogens with one attached hydrogen (secondary N) is 1. The Labute approximate surface area is 166 Å². The molecule has 4 nitrogen and oxygen atoms in total. The second-order valence-corrected chi connectivity index (χ2v) is 8.42. The smallest absolute Gasteiger partial charge is 0.276 e. The molecule has 0 fully saturated rings. The van der Waals surface area contributed by atoms with E-state index in [2.05, 4.69) is 54.0 Å². The Kier molecular flexibility index (Phi) is 7.58. The predicted molar refractivity (Wildman–Crippen MR) is 110 cm³/mol. The van der Waals surface area contributed by atoms with E-state index >= 15 is 0 Å². The monoisotopic (exact) mass is 384 g/mol. The third-order valence-corrected chi connectivity index (χ3v) is 6.01. The van der Waals surface area contributed by atoms with Crippen LogP contribution in [0, 0.1) is 17.2 Å². The quantitative estimate of drug-likeness (QED) is 0.696. The van der Waals surface area contributed by atoms with E-state index < -0.39 is 5.54 Å². The van der Waals surface area contributed by atoms with Gasteiger partial charge in [0.05, 0.1) is 10.9 Å². The van der Waals surface area contributed by atoms with Crippen molar-refractivity contribution >= 4 is 17.2 Å². The van der Waals surface area contributed by atoms with Gasteiger partial charge in [-0.3, -0.25) is 4.79 Å². The Morgan fingerprint density at radius 3 is 2.52 bits per heavy atom. The minimum Gasteiger partial charge on any atom is -0.333 e. The van der Waals surface area contributed by atoms with Crippen molar-refractivity contribution in [2.75, 3.05) is 6.54 Å². The van der Waals surface area contributed by atoms with Gasteiger partial charge in [0.2, 0.25) is 0 Å². The van der Waals surface area contributed by atoms with Crippen LogP contribution in [-0.4, -0.2) is 18.0 Å². The molecule has 0 saturated carbocycles. The Morgan fingerprint density at radius 1 is 1.30 bits per heavy atom. The van der Waals surface area contributed by atoms with Crippen molar-refractivity contribution in [3.63, 3.8) is 0 Å². The highest BCUT2D eigenvalue weighted by Gasteiger charge is 2.31. The fraction of sp³-hybridized carbons (Fsp3) is 0.455. The highest BCUT2D eigenvalue weighted by molar-refractivity contribution is 7.10. The van der Waals surface area contributed by atoms with Crippen LogP contribution in [0.1, 0.15) is 56.2 Å². The number of hydrogen-bond donors (Lipinski definition) is 2. The van der Waals surface area contributed by atoms with E-state index in [0.29, 0.717) is 0 Å². The van der Waals surface area contributed by atoms with Gasteiger partial charge in [-0.2, -0.15) is 5.26 Å². The van der Waals surface area contributed by atoms with Crippen LogP contribution in [0.2, 0.25) is 0 Å². The Hall–Kier alpha value is -2.16. The number of benzene rings is 1. The van der Waals surface area contributed by atoms with E-state index in [1.165, 1.54) is 16.0 Å². The normalized spacial score (nSPS) is 14.4.